The Bertz CT molecular complexity index is 1200. The summed E-state index contributed by atoms with van der Waals surface area (Å²) in [5.74, 6) is 1.37. The molecule has 3 heterocycles. The molecule has 0 radical (unpaired) electrons. The lowest BCUT2D eigenvalue weighted by molar-refractivity contribution is -0.132. The molecular formula is C28H38BrN5O5. The monoisotopic (exact) mass is 603 g/mol. The lowest BCUT2D eigenvalue weighted by Gasteiger charge is -2.29. The summed E-state index contributed by atoms with van der Waals surface area (Å²) in [7, 11) is 3.58. The molecule has 11 heteroatoms. The van der Waals surface area contributed by atoms with Gasteiger partial charge in [-0.3, -0.25) is 9.59 Å². The van der Waals surface area contributed by atoms with E-state index in [-0.39, 0.29) is 30.2 Å². The number of hydrogen-bond donors (Lipinski definition) is 3. The number of amides is 1. The Kier molecular flexibility index (Phi) is 13.6. The molecule has 1 amide bonds. The van der Waals surface area contributed by atoms with Gasteiger partial charge in [0.2, 0.25) is 5.91 Å². The third kappa shape index (κ3) is 9.74. The molecule has 0 saturated heterocycles. The van der Waals surface area contributed by atoms with Gasteiger partial charge in [0.05, 0.1) is 6.61 Å². The van der Waals surface area contributed by atoms with E-state index in [1.807, 2.05) is 32.3 Å². The lowest BCUT2D eigenvalue weighted by atomic mass is 10.0. The van der Waals surface area contributed by atoms with Crippen LogP contribution in [0.2, 0.25) is 0 Å². The molecule has 39 heavy (non-hydrogen) atoms. The molecule has 0 bridgehead atoms. The fourth-order valence-corrected chi connectivity index (χ4v) is 4.68. The first-order valence-electron chi connectivity index (χ1n) is 12.9. The molecule has 3 aromatic heterocycles. The normalized spacial score (nSPS) is 16.5. The predicted molar refractivity (Wildman–Crippen MR) is 156 cm³/mol. The van der Waals surface area contributed by atoms with Gasteiger partial charge in [-0.25, -0.2) is 9.97 Å². The summed E-state index contributed by atoms with van der Waals surface area (Å²) in [5.41, 5.74) is 3.06. The number of fused-ring (bicyclic) bond motifs is 1. The molecule has 1 aliphatic rings. The Morgan fingerprint density at radius 3 is 2.49 bits per heavy atom. The van der Waals surface area contributed by atoms with Gasteiger partial charge in [0.25, 0.3) is 0 Å². The van der Waals surface area contributed by atoms with E-state index in [9.17, 15) is 14.4 Å². The largest absolute Gasteiger partial charge is 0.449 e. The number of aryl methyl sites for hydroxylation is 1. The second-order valence-electron chi connectivity index (χ2n) is 9.15. The highest BCUT2D eigenvalue weighted by Gasteiger charge is 2.24. The molecule has 212 valence electrons. The van der Waals surface area contributed by atoms with E-state index < -0.39 is 0 Å². The number of hydrogen-bond acceptors (Lipinski definition) is 9. The number of carbonyl (C=O) groups is 3. The Hall–Kier alpha value is -3.31. The molecule has 0 aliphatic heterocycles. The average Bonchev–Trinajstić information content (AvgIpc) is 3.12. The number of anilines is 2. The van der Waals surface area contributed by atoms with Gasteiger partial charge in [-0.1, -0.05) is 12.5 Å². The van der Waals surface area contributed by atoms with Gasteiger partial charge in [-0.2, -0.15) is 0 Å². The quantitative estimate of drug-likeness (QED) is 0.196. The maximum atomic E-state index is 11.4. The number of aliphatic hydroxyl groups is 1. The van der Waals surface area contributed by atoms with Crippen molar-refractivity contribution >= 4 is 57.0 Å². The number of halogens is 1. The number of rotatable bonds is 7. The second kappa shape index (κ2) is 16.6. The fourth-order valence-electron chi connectivity index (χ4n) is 4.37. The standard InChI is InChI=1S/C12H21NO3.C9H7BrN2O2.C7H10N2/c1-10(16)13(7-8-14)12-4-2-3-11(9-15)5-6-12;1-11-8-6(4-13)14-5-2-3-7(10)12-9(5)8;1-6-3-4-7(8-2)9-5-6/h9,11-12,14H,2-8H2,1H3;2-4,11H,1H3;3-5H,1-2H3,(H,8,9)/t11-,12?;;/m1../s1. The third-order valence-corrected chi connectivity index (χ3v) is 6.86. The number of nitrogens with zero attached hydrogens (tertiary/aromatic N) is 3. The van der Waals surface area contributed by atoms with Gasteiger partial charge in [0.1, 0.15) is 27.9 Å². The molecule has 1 unspecified atom stereocenters. The van der Waals surface area contributed by atoms with E-state index in [1.54, 1.807) is 24.1 Å². The maximum absolute atomic E-state index is 11.4. The van der Waals surface area contributed by atoms with Crippen molar-refractivity contribution in [3.63, 3.8) is 0 Å². The highest BCUT2D eigenvalue weighted by Crippen LogP contribution is 2.29. The molecule has 3 aromatic rings. The van der Waals surface area contributed by atoms with E-state index >= 15 is 0 Å². The van der Waals surface area contributed by atoms with Crippen molar-refractivity contribution in [2.75, 3.05) is 37.9 Å². The lowest BCUT2D eigenvalue weighted by Crippen LogP contribution is -2.40. The minimum absolute atomic E-state index is 0.00713. The minimum Gasteiger partial charge on any atom is -0.449 e. The van der Waals surface area contributed by atoms with Crippen LogP contribution in [0.3, 0.4) is 0 Å². The van der Waals surface area contributed by atoms with Crippen LogP contribution in [0.4, 0.5) is 11.5 Å². The molecular weight excluding hydrogens is 566 g/mol. The van der Waals surface area contributed by atoms with E-state index in [0.717, 1.165) is 44.2 Å². The Morgan fingerprint density at radius 1 is 1.15 bits per heavy atom. The maximum Gasteiger partial charge on any atom is 0.219 e. The number of aldehydes is 2. The zero-order valence-electron chi connectivity index (χ0n) is 22.9. The summed E-state index contributed by atoms with van der Waals surface area (Å²) < 4.78 is 5.99. The first-order chi connectivity index (χ1) is 18.8. The van der Waals surface area contributed by atoms with Crippen LogP contribution >= 0.6 is 15.9 Å². The van der Waals surface area contributed by atoms with E-state index in [1.165, 1.54) is 12.5 Å². The van der Waals surface area contributed by atoms with E-state index in [0.29, 0.717) is 34.2 Å². The second-order valence-corrected chi connectivity index (χ2v) is 9.97. The summed E-state index contributed by atoms with van der Waals surface area (Å²) in [6.07, 6.45) is 8.16. The number of aromatic nitrogens is 2. The van der Waals surface area contributed by atoms with Gasteiger partial charge in [-0.05, 0) is 72.3 Å². The smallest absolute Gasteiger partial charge is 0.219 e. The Balaban J connectivity index is 0.000000213. The third-order valence-electron chi connectivity index (χ3n) is 6.41. The number of carbonyl (C=O) groups excluding carboxylic acids is 3. The van der Waals surface area contributed by atoms with Crippen LogP contribution in [0.15, 0.2) is 39.5 Å². The van der Waals surface area contributed by atoms with Crippen molar-refractivity contribution in [2.24, 2.45) is 5.92 Å². The Labute approximate surface area is 237 Å². The van der Waals surface area contributed by atoms with Crippen LogP contribution < -0.4 is 10.6 Å². The van der Waals surface area contributed by atoms with Gasteiger partial charge >= 0.3 is 0 Å². The minimum atomic E-state index is 0.00713. The summed E-state index contributed by atoms with van der Waals surface area (Å²) in [5, 5.41) is 14.8. The topological polar surface area (TPSA) is 138 Å². The summed E-state index contributed by atoms with van der Waals surface area (Å²) in [6, 6.07) is 7.71. The number of aliphatic hydroxyl groups excluding tert-OH is 1. The van der Waals surface area contributed by atoms with E-state index in [4.69, 9.17) is 9.52 Å². The van der Waals surface area contributed by atoms with Crippen molar-refractivity contribution in [1.82, 2.24) is 14.9 Å². The molecule has 1 aliphatic carbocycles. The van der Waals surface area contributed by atoms with Crippen LogP contribution in [0.5, 0.6) is 0 Å². The number of furan rings is 1. The Morgan fingerprint density at radius 2 is 1.92 bits per heavy atom. The molecule has 4 rings (SSSR count). The summed E-state index contributed by atoms with van der Waals surface area (Å²) in [6.45, 7) is 3.98. The van der Waals surface area contributed by atoms with Crippen LogP contribution in [0, 0.1) is 12.8 Å². The van der Waals surface area contributed by atoms with Crippen LogP contribution in [0.1, 0.15) is 55.1 Å². The number of pyridine rings is 2. The van der Waals surface area contributed by atoms with Crippen LogP contribution in [0.25, 0.3) is 11.1 Å². The molecule has 1 saturated carbocycles. The fraction of sp³-hybridized carbons (Fsp3) is 0.464. The van der Waals surface area contributed by atoms with Gasteiger partial charge in [0.15, 0.2) is 17.6 Å². The molecule has 0 aromatic carbocycles. The van der Waals surface area contributed by atoms with Crippen molar-refractivity contribution in [2.45, 2.75) is 52.0 Å². The van der Waals surface area contributed by atoms with Crippen molar-refractivity contribution in [3.05, 3.63) is 46.4 Å². The molecule has 10 nitrogen and oxygen atoms in total. The van der Waals surface area contributed by atoms with Gasteiger partial charge < -0.3 is 29.9 Å². The summed E-state index contributed by atoms with van der Waals surface area (Å²) >= 11 is 3.26. The molecule has 2 atom stereocenters. The van der Waals surface area contributed by atoms with Gasteiger partial charge in [0, 0.05) is 45.7 Å². The van der Waals surface area contributed by atoms with Crippen LogP contribution in [-0.4, -0.2) is 71.7 Å². The molecule has 0 spiro atoms. The van der Waals surface area contributed by atoms with E-state index in [2.05, 4.69) is 36.5 Å². The first kappa shape index (κ1) is 31.9. The first-order valence-corrected chi connectivity index (χ1v) is 13.7. The van der Waals surface area contributed by atoms with Crippen LogP contribution in [-0.2, 0) is 9.59 Å². The predicted octanol–water partition coefficient (Wildman–Crippen LogP) is 4.85. The van der Waals surface area contributed by atoms with Crippen molar-refractivity contribution < 1.29 is 23.9 Å². The average molecular weight is 605 g/mol. The molecule has 3 N–H and O–H groups in total. The zero-order chi connectivity index (χ0) is 28.8. The highest BCUT2D eigenvalue weighted by atomic mass is 79.9. The van der Waals surface area contributed by atoms with Gasteiger partial charge in [-0.15, -0.1) is 0 Å². The highest BCUT2D eigenvalue weighted by molar-refractivity contribution is 9.10. The molecule has 1 fully saturated rings. The van der Waals surface area contributed by atoms with Crippen molar-refractivity contribution in [3.8, 4) is 0 Å². The van der Waals surface area contributed by atoms with Crippen molar-refractivity contribution in [1.29, 1.82) is 0 Å². The SMILES string of the molecule is CC(=O)N(CCO)C1CCC[C@@H](C=O)CC1.CNc1c(C=O)oc2ccc(Br)nc12.CNc1ccc(C)cn1. The zero-order valence-corrected chi connectivity index (χ0v) is 24.5. The summed E-state index contributed by atoms with van der Waals surface area (Å²) in [4.78, 5) is 42.9. The number of nitrogens with one attached hydrogen (secondary N) is 2.